The summed E-state index contributed by atoms with van der Waals surface area (Å²) >= 11 is 1.29. The van der Waals surface area contributed by atoms with Gasteiger partial charge in [0.05, 0.1) is 14.2 Å². The van der Waals surface area contributed by atoms with Gasteiger partial charge in [-0.1, -0.05) is 17.8 Å². The number of hydrazone groups is 1. The zero-order valence-corrected chi connectivity index (χ0v) is 14.5. The maximum absolute atomic E-state index is 12.0. The van der Waals surface area contributed by atoms with Crippen LogP contribution in [0, 0.1) is 0 Å². The molecule has 124 valence electrons. The first-order valence-electron chi connectivity index (χ1n) is 6.90. The minimum absolute atomic E-state index is 0.227. The molecule has 1 aliphatic rings. The molecule has 0 aliphatic carbocycles. The van der Waals surface area contributed by atoms with Gasteiger partial charge in [-0.15, -0.1) is 5.10 Å². The fraction of sp³-hybridized carbons (Fsp3) is 0.400. The summed E-state index contributed by atoms with van der Waals surface area (Å²) in [7, 11) is 3.11. The largest absolute Gasteiger partial charge is 0.493 e. The molecule has 0 aromatic heterocycles. The zero-order chi connectivity index (χ0) is 17.2. The molecule has 1 aliphatic heterocycles. The van der Waals surface area contributed by atoms with Gasteiger partial charge in [-0.2, -0.15) is 0 Å². The van der Waals surface area contributed by atoms with Gasteiger partial charge in [-0.3, -0.25) is 9.59 Å². The number of hydrogen-bond donors (Lipinski definition) is 1. The van der Waals surface area contributed by atoms with Crippen LogP contribution >= 0.6 is 11.8 Å². The summed E-state index contributed by atoms with van der Waals surface area (Å²) in [6.07, 6.45) is 0. The highest BCUT2D eigenvalue weighted by Crippen LogP contribution is 2.46. The summed E-state index contributed by atoms with van der Waals surface area (Å²) in [6.45, 7) is 4.69. The van der Waals surface area contributed by atoms with Crippen LogP contribution in [0.15, 0.2) is 23.3 Å². The van der Waals surface area contributed by atoms with E-state index in [1.807, 2.05) is 13.0 Å². The Labute approximate surface area is 139 Å². The zero-order valence-electron chi connectivity index (χ0n) is 13.7. The molecule has 0 saturated carbocycles. The number of carbonyl (C=O) groups is 2. The number of amides is 2. The number of nitrogens with one attached hydrogen (secondary N) is 1. The lowest BCUT2D eigenvalue weighted by Crippen LogP contribution is -2.37. The molecule has 1 heterocycles. The Morgan fingerprint density at radius 1 is 1.22 bits per heavy atom. The summed E-state index contributed by atoms with van der Waals surface area (Å²) in [6, 6.07) is 5.42. The highest BCUT2D eigenvalue weighted by atomic mass is 32.2. The summed E-state index contributed by atoms with van der Waals surface area (Å²) in [4.78, 5) is 22.5. The van der Waals surface area contributed by atoms with Crippen molar-refractivity contribution in [2.24, 2.45) is 5.10 Å². The van der Waals surface area contributed by atoms with Gasteiger partial charge in [0.15, 0.2) is 16.7 Å². The molecule has 23 heavy (non-hydrogen) atoms. The van der Waals surface area contributed by atoms with Crippen LogP contribution in [0.1, 0.15) is 26.3 Å². The number of rotatable bonds is 3. The van der Waals surface area contributed by atoms with Gasteiger partial charge in [-0.05, 0) is 24.6 Å². The molecule has 0 radical (unpaired) electrons. The van der Waals surface area contributed by atoms with Gasteiger partial charge >= 0.3 is 0 Å². The van der Waals surface area contributed by atoms with Crippen LogP contribution in [0.3, 0.4) is 0 Å². The lowest BCUT2D eigenvalue weighted by molar-refractivity contribution is -0.131. The lowest BCUT2D eigenvalue weighted by atomic mass is 10.1. The predicted molar refractivity (Wildman–Crippen MR) is 88.3 cm³/mol. The average molecular weight is 337 g/mol. The average Bonchev–Trinajstić information content (AvgIpc) is 2.83. The first-order chi connectivity index (χ1) is 10.8. The minimum atomic E-state index is -0.789. The number of carbonyl (C=O) groups excluding carboxylic acids is 2. The van der Waals surface area contributed by atoms with E-state index in [1.165, 1.54) is 30.6 Å². The standard InChI is InChI=1S/C15H19N3O4S/c1-9(19)16-14-17-18(10(2)20)15(3,23-14)11-6-7-12(21-4)13(8-11)22-5/h6-8H,1-5H3,(H,16,17,19)/t15-/m1/s1. The monoisotopic (exact) mass is 337 g/mol. The summed E-state index contributed by atoms with van der Waals surface area (Å²) in [5, 5.41) is 8.57. The quantitative estimate of drug-likeness (QED) is 0.911. The normalized spacial score (nSPS) is 20.0. The molecule has 2 amide bonds. The molecule has 0 saturated heterocycles. The number of methoxy groups -OCH3 is 2. The fourth-order valence-corrected chi connectivity index (χ4v) is 3.51. The lowest BCUT2D eigenvalue weighted by Gasteiger charge is -2.31. The van der Waals surface area contributed by atoms with Gasteiger partial charge < -0.3 is 14.8 Å². The van der Waals surface area contributed by atoms with Crippen molar-refractivity contribution in [3.8, 4) is 11.5 Å². The molecule has 0 unspecified atom stereocenters. The summed E-state index contributed by atoms with van der Waals surface area (Å²) in [5.41, 5.74) is 0.805. The Morgan fingerprint density at radius 3 is 2.39 bits per heavy atom. The van der Waals surface area contributed by atoms with Crippen LogP contribution in [0.2, 0.25) is 0 Å². The molecule has 2 rings (SSSR count). The van der Waals surface area contributed by atoms with E-state index in [0.29, 0.717) is 16.7 Å². The Morgan fingerprint density at radius 2 is 1.87 bits per heavy atom. The van der Waals surface area contributed by atoms with Crippen LogP contribution in [0.4, 0.5) is 0 Å². The molecule has 1 N–H and O–H groups in total. The Hall–Kier alpha value is -2.22. The van der Waals surface area contributed by atoms with Crippen molar-refractivity contribution in [2.75, 3.05) is 14.2 Å². The molecule has 0 spiro atoms. The van der Waals surface area contributed by atoms with Crippen molar-refractivity contribution in [3.63, 3.8) is 0 Å². The van der Waals surface area contributed by atoms with Crippen LogP contribution in [0.5, 0.6) is 11.5 Å². The second-order valence-corrected chi connectivity index (χ2v) is 6.46. The molecule has 8 heteroatoms. The van der Waals surface area contributed by atoms with Crippen LogP contribution in [-0.4, -0.2) is 36.2 Å². The number of ether oxygens (including phenoxy) is 2. The van der Waals surface area contributed by atoms with Crippen molar-refractivity contribution in [1.29, 1.82) is 0 Å². The van der Waals surface area contributed by atoms with E-state index in [4.69, 9.17) is 9.47 Å². The summed E-state index contributed by atoms with van der Waals surface area (Å²) in [5.74, 6) is 0.690. The van der Waals surface area contributed by atoms with Gasteiger partial charge in [0, 0.05) is 13.8 Å². The van der Waals surface area contributed by atoms with Crippen molar-refractivity contribution < 1.29 is 19.1 Å². The molecular formula is C15H19N3O4S. The van der Waals surface area contributed by atoms with Gasteiger partial charge in [-0.25, -0.2) is 5.01 Å². The Bertz CT molecular complexity index is 677. The van der Waals surface area contributed by atoms with E-state index in [-0.39, 0.29) is 11.8 Å². The second-order valence-electron chi connectivity index (χ2n) is 5.07. The number of amidine groups is 1. The summed E-state index contributed by atoms with van der Waals surface area (Å²) < 4.78 is 10.6. The molecule has 1 aromatic rings. The predicted octanol–water partition coefficient (Wildman–Crippen LogP) is 1.88. The SMILES string of the molecule is COc1ccc([C@@]2(C)SC(NC(C)=O)=NN2C(C)=O)cc1OC. The molecule has 1 aromatic carbocycles. The van der Waals surface area contributed by atoms with Gasteiger partial charge in [0.25, 0.3) is 0 Å². The van der Waals surface area contributed by atoms with Crippen molar-refractivity contribution in [1.82, 2.24) is 10.3 Å². The van der Waals surface area contributed by atoms with Crippen molar-refractivity contribution in [3.05, 3.63) is 23.8 Å². The van der Waals surface area contributed by atoms with Crippen LogP contribution in [-0.2, 0) is 14.5 Å². The van der Waals surface area contributed by atoms with Gasteiger partial charge in [0.2, 0.25) is 11.8 Å². The van der Waals surface area contributed by atoms with E-state index in [1.54, 1.807) is 26.4 Å². The number of thioether (sulfide) groups is 1. The highest BCUT2D eigenvalue weighted by molar-refractivity contribution is 8.14. The molecule has 0 bridgehead atoms. The first-order valence-corrected chi connectivity index (χ1v) is 7.72. The van der Waals surface area contributed by atoms with Crippen LogP contribution in [0.25, 0.3) is 0 Å². The van der Waals surface area contributed by atoms with Crippen LogP contribution < -0.4 is 14.8 Å². The third-order valence-corrected chi connectivity index (χ3v) is 4.57. The Balaban J connectivity index is 2.43. The third kappa shape index (κ3) is 3.26. The molecule has 1 atom stereocenters. The number of benzene rings is 1. The number of nitrogens with zero attached hydrogens (tertiary/aromatic N) is 2. The van der Waals surface area contributed by atoms with Crippen molar-refractivity contribution in [2.45, 2.75) is 25.6 Å². The maximum Gasteiger partial charge on any atom is 0.241 e. The van der Waals surface area contributed by atoms with E-state index >= 15 is 0 Å². The smallest absolute Gasteiger partial charge is 0.241 e. The topological polar surface area (TPSA) is 80.2 Å². The maximum atomic E-state index is 12.0. The second kappa shape index (κ2) is 6.49. The van der Waals surface area contributed by atoms with Crippen molar-refractivity contribution >= 4 is 28.7 Å². The molecular weight excluding hydrogens is 318 g/mol. The third-order valence-electron chi connectivity index (χ3n) is 3.39. The minimum Gasteiger partial charge on any atom is -0.493 e. The Kier molecular flexibility index (Phi) is 4.84. The highest BCUT2D eigenvalue weighted by Gasteiger charge is 2.44. The van der Waals surface area contributed by atoms with E-state index in [0.717, 1.165) is 5.56 Å². The van der Waals surface area contributed by atoms with E-state index in [9.17, 15) is 9.59 Å². The number of hydrogen-bond acceptors (Lipinski definition) is 6. The fourth-order valence-electron chi connectivity index (χ4n) is 2.32. The van der Waals surface area contributed by atoms with E-state index < -0.39 is 4.87 Å². The first kappa shape index (κ1) is 17.1. The molecule has 7 nitrogen and oxygen atoms in total. The molecule has 0 fully saturated rings. The van der Waals surface area contributed by atoms with Gasteiger partial charge in [0.1, 0.15) is 4.87 Å². The van der Waals surface area contributed by atoms with E-state index in [2.05, 4.69) is 10.4 Å².